The zero-order valence-corrected chi connectivity index (χ0v) is 12.6. The highest BCUT2D eigenvalue weighted by molar-refractivity contribution is 5.50. The molecule has 2 heterocycles. The molecule has 23 heavy (non-hydrogen) atoms. The van der Waals surface area contributed by atoms with Crippen LogP contribution in [0.5, 0.6) is 5.75 Å². The summed E-state index contributed by atoms with van der Waals surface area (Å²) in [4.78, 5) is 16.9. The molecule has 7 heteroatoms. The molecule has 1 aliphatic rings. The Kier molecular flexibility index (Phi) is 4.68. The third kappa shape index (κ3) is 3.75. The van der Waals surface area contributed by atoms with Gasteiger partial charge in [0.1, 0.15) is 6.61 Å². The number of aromatic nitrogens is 1. The van der Waals surface area contributed by atoms with Gasteiger partial charge in [-0.05, 0) is 21.5 Å². The Bertz CT molecular complexity index is 672. The second kappa shape index (κ2) is 7.06. The monoisotopic (exact) mass is 315 g/mol. The van der Waals surface area contributed by atoms with Crippen LogP contribution in [0.3, 0.4) is 0 Å². The first-order valence-electron chi connectivity index (χ1n) is 7.39. The van der Waals surface area contributed by atoms with Gasteiger partial charge in [0.2, 0.25) is 11.6 Å². The SMILES string of the molecule is O=[N+]([O-])c1nc(N2CCOCC2)ccc1OCc1ccccc1. The molecular weight excluding hydrogens is 298 g/mol. The van der Waals surface area contributed by atoms with Gasteiger partial charge in [-0.3, -0.25) is 0 Å². The van der Waals surface area contributed by atoms with Crippen LogP contribution in [0.25, 0.3) is 0 Å². The predicted molar refractivity (Wildman–Crippen MR) is 84.7 cm³/mol. The molecule has 1 fully saturated rings. The lowest BCUT2D eigenvalue weighted by Gasteiger charge is -2.25. The van der Waals surface area contributed by atoms with E-state index in [1.165, 1.54) is 0 Å². The number of pyridine rings is 1. The van der Waals surface area contributed by atoms with Crippen molar-refractivity contribution >= 4 is 11.6 Å². The number of rotatable bonds is 5. The maximum absolute atomic E-state index is 11.3. The van der Waals surface area contributed by atoms with Crippen molar-refractivity contribution in [3.63, 3.8) is 0 Å². The summed E-state index contributed by atoms with van der Waals surface area (Å²) in [5.41, 5.74) is 0.944. The maximum Gasteiger partial charge on any atom is 0.408 e. The molecule has 0 amide bonds. The lowest BCUT2D eigenvalue weighted by Crippen LogP contribution is -2.36. The molecular formula is C16H17N3O4. The Labute approximate surface area is 133 Å². The lowest BCUT2D eigenvalue weighted by atomic mass is 10.2. The Balaban J connectivity index is 1.78. The van der Waals surface area contributed by atoms with Crippen LogP contribution in [0.1, 0.15) is 5.56 Å². The number of hydrogen-bond donors (Lipinski definition) is 0. The van der Waals surface area contributed by atoms with Crippen molar-refractivity contribution in [3.05, 3.63) is 58.1 Å². The van der Waals surface area contributed by atoms with E-state index >= 15 is 0 Å². The molecule has 0 unspecified atom stereocenters. The number of benzene rings is 1. The topological polar surface area (TPSA) is 77.7 Å². The zero-order chi connectivity index (χ0) is 16.1. The van der Waals surface area contributed by atoms with E-state index in [4.69, 9.17) is 9.47 Å². The van der Waals surface area contributed by atoms with E-state index in [-0.39, 0.29) is 18.2 Å². The van der Waals surface area contributed by atoms with Crippen molar-refractivity contribution in [1.29, 1.82) is 0 Å². The van der Waals surface area contributed by atoms with Gasteiger partial charge >= 0.3 is 5.82 Å². The van der Waals surface area contributed by atoms with Gasteiger partial charge in [-0.1, -0.05) is 30.3 Å². The molecule has 3 rings (SSSR count). The minimum atomic E-state index is -0.510. The predicted octanol–water partition coefficient (Wildman–Crippen LogP) is 2.41. The number of nitrogens with zero attached hydrogens (tertiary/aromatic N) is 3. The molecule has 0 radical (unpaired) electrons. The molecule has 0 spiro atoms. The van der Waals surface area contributed by atoms with Crippen molar-refractivity contribution in [1.82, 2.24) is 4.98 Å². The molecule has 1 aliphatic heterocycles. The summed E-state index contributed by atoms with van der Waals surface area (Å²) in [6, 6.07) is 12.9. The van der Waals surface area contributed by atoms with Crippen LogP contribution < -0.4 is 9.64 Å². The molecule has 0 aliphatic carbocycles. The standard InChI is InChI=1S/C16H17N3O4/c20-19(21)16-14(23-12-13-4-2-1-3-5-13)6-7-15(17-16)18-8-10-22-11-9-18/h1-7H,8-12H2. The van der Waals surface area contributed by atoms with Gasteiger partial charge in [-0.15, -0.1) is 0 Å². The Hall–Kier alpha value is -2.67. The van der Waals surface area contributed by atoms with Crippen molar-refractivity contribution in [3.8, 4) is 5.75 Å². The van der Waals surface area contributed by atoms with Crippen LogP contribution in [0.15, 0.2) is 42.5 Å². The molecule has 2 aromatic rings. The van der Waals surface area contributed by atoms with E-state index in [0.29, 0.717) is 32.1 Å². The second-order valence-electron chi connectivity index (χ2n) is 5.12. The highest BCUT2D eigenvalue weighted by Crippen LogP contribution is 2.28. The van der Waals surface area contributed by atoms with Gasteiger partial charge in [0.25, 0.3) is 0 Å². The van der Waals surface area contributed by atoms with Gasteiger partial charge < -0.3 is 24.5 Å². The maximum atomic E-state index is 11.3. The third-order valence-electron chi connectivity index (χ3n) is 3.57. The van der Waals surface area contributed by atoms with E-state index in [2.05, 4.69) is 4.98 Å². The van der Waals surface area contributed by atoms with Crippen molar-refractivity contribution in [2.24, 2.45) is 0 Å². The number of morpholine rings is 1. The minimum absolute atomic E-state index is 0.177. The van der Waals surface area contributed by atoms with Crippen LogP contribution in [0, 0.1) is 10.1 Å². The van der Waals surface area contributed by atoms with Gasteiger partial charge in [0, 0.05) is 19.2 Å². The Morgan fingerprint density at radius 2 is 1.91 bits per heavy atom. The molecule has 0 atom stereocenters. The van der Waals surface area contributed by atoms with Crippen LogP contribution >= 0.6 is 0 Å². The minimum Gasteiger partial charge on any atom is -0.481 e. The summed E-state index contributed by atoms with van der Waals surface area (Å²) >= 11 is 0. The van der Waals surface area contributed by atoms with E-state index < -0.39 is 4.92 Å². The number of ether oxygens (including phenoxy) is 2. The summed E-state index contributed by atoms with van der Waals surface area (Å²) in [6.45, 7) is 2.81. The summed E-state index contributed by atoms with van der Waals surface area (Å²) in [5.74, 6) is 0.493. The highest BCUT2D eigenvalue weighted by atomic mass is 16.6. The smallest absolute Gasteiger partial charge is 0.408 e. The first-order chi connectivity index (χ1) is 11.2. The summed E-state index contributed by atoms with van der Waals surface area (Å²) in [7, 11) is 0. The number of hydrogen-bond acceptors (Lipinski definition) is 6. The Morgan fingerprint density at radius 3 is 2.61 bits per heavy atom. The summed E-state index contributed by atoms with van der Waals surface area (Å²) < 4.78 is 10.9. The molecule has 7 nitrogen and oxygen atoms in total. The molecule has 0 bridgehead atoms. The molecule has 1 aromatic carbocycles. The van der Waals surface area contributed by atoms with Gasteiger partial charge in [0.15, 0.2) is 0 Å². The fourth-order valence-corrected chi connectivity index (χ4v) is 2.37. The quantitative estimate of drug-likeness (QED) is 0.623. The molecule has 0 N–H and O–H groups in total. The van der Waals surface area contributed by atoms with Crippen LogP contribution in [-0.4, -0.2) is 36.2 Å². The first kappa shape index (κ1) is 15.2. The molecule has 1 aromatic heterocycles. The molecule has 0 saturated carbocycles. The number of anilines is 1. The van der Waals surface area contributed by atoms with Crippen LogP contribution in [-0.2, 0) is 11.3 Å². The third-order valence-corrected chi connectivity index (χ3v) is 3.57. The largest absolute Gasteiger partial charge is 0.481 e. The normalized spacial score (nSPS) is 14.5. The number of nitro groups is 1. The van der Waals surface area contributed by atoms with Crippen molar-refractivity contribution in [2.45, 2.75) is 6.61 Å². The summed E-state index contributed by atoms with van der Waals surface area (Å²) in [6.07, 6.45) is 0. The molecule has 120 valence electrons. The van der Waals surface area contributed by atoms with E-state index in [9.17, 15) is 10.1 Å². The van der Waals surface area contributed by atoms with Crippen molar-refractivity contribution in [2.75, 3.05) is 31.2 Å². The van der Waals surface area contributed by atoms with Gasteiger partial charge in [-0.25, -0.2) is 0 Å². The zero-order valence-electron chi connectivity index (χ0n) is 12.6. The average molecular weight is 315 g/mol. The highest BCUT2D eigenvalue weighted by Gasteiger charge is 2.23. The van der Waals surface area contributed by atoms with Crippen molar-refractivity contribution < 1.29 is 14.4 Å². The van der Waals surface area contributed by atoms with Crippen LogP contribution in [0.2, 0.25) is 0 Å². The second-order valence-corrected chi connectivity index (χ2v) is 5.12. The van der Waals surface area contributed by atoms with Gasteiger partial charge in [0.05, 0.1) is 13.2 Å². The first-order valence-corrected chi connectivity index (χ1v) is 7.39. The fourth-order valence-electron chi connectivity index (χ4n) is 2.37. The Morgan fingerprint density at radius 1 is 1.17 bits per heavy atom. The summed E-state index contributed by atoms with van der Waals surface area (Å²) in [5, 5.41) is 11.3. The van der Waals surface area contributed by atoms with E-state index in [1.54, 1.807) is 12.1 Å². The van der Waals surface area contributed by atoms with Gasteiger partial charge in [-0.2, -0.15) is 0 Å². The lowest BCUT2D eigenvalue weighted by molar-refractivity contribution is -0.390. The molecule has 1 saturated heterocycles. The van der Waals surface area contributed by atoms with Crippen LogP contribution in [0.4, 0.5) is 11.6 Å². The average Bonchev–Trinajstić information content (AvgIpc) is 2.61. The fraction of sp³-hybridized carbons (Fsp3) is 0.312. The van der Waals surface area contributed by atoms with E-state index in [1.807, 2.05) is 35.2 Å². The van der Waals surface area contributed by atoms with E-state index in [0.717, 1.165) is 5.56 Å².